The molecular formula is C18H19N5O. The van der Waals surface area contributed by atoms with Crippen molar-refractivity contribution >= 4 is 11.7 Å². The van der Waals surface area contributed by atoms with E-state index in [9.17, 15) is 4.79 Å². The molecule has 3 aliphatic carbocycles. The van der Waals surface area contributed by atoms with Crippen molar-refractivity contribution in [1.82, 2.24) is 19.7 Å². The van der Waals surface area contributed by atoms with Gasteiger partial charge in [0.25, 0.3) is 5.95 Å². The summed E-state index contributed by atoms with van der Waals surface area (Å²) in [6, 6.07) is 3.75. The quantitative estimate of drug-likeness (QED) is 0.879. The molecule has 2 fully saturated rings. The van der Waals surface area contributed by atoms with Gasteiger partial charge in [-0.25, -0.2) is 9.97 Å². The lowest BCUT2D eigenvalue weighted by Gasteiger charge is -2.17. The number of amides is 1. The van der Waals surface area contributed by atoms with Crippen molar-refractivity contribution in [3.05, 3.63) is 42.4 Å². The second kappa shape index (κ2) is 5.26. The average molecular weight is 321 g/mol. The maximum Gasteiger partial charge on any atom is 0.252 e. The lowest BCUT2D eigenvalue weighted by Crippen LogP contribution is -2.27. The fourth-order valence-corrected chi connectivity index (χ4v) is 3.92. The van der Waals surface area contributed by atoms with Crippen LogP contribution in [-0.2, 0) is 4.79 Å². The Bertz CT molecular complexity index is 808. The summed E-state index contributed by atoms with van der Waals surface area (Å²) in [5.41, 5.74) is 1.02. The van der Waals surface area contributed by atoms with E-state index in [1.54, 1.807) is 23.1 Å². The van der Waals surface area contributed by atoms with Crippen LogP contribution in [0, 0.1) is 17.8 Å². The van der Waals surface area contributed by atoms with Crippen LogP contribution in [0.25, 0.3) is 5.95 Å². The number of carbonyl (C=O) groups excluding carboxylic acids is 1. The molecule has 122 valence electrons. The van der Waals surface area contributed by atoms with Gasteiger partial charge in [0.1, 0.15) is 5.82 Å². The highest BCUT2D eigenvalue weighted by molar-refractivity contribution is 5.92. The van der Waals surface area contributed by atoms with Crippen molar-refractivity contribution in [2.45, 2.75) is 31.6 Å². The minimum atomic E-state index is 0.0735. The van der Waals surface area contributed by atoms with Gasteiger partial charge in [0, 0.05) is 30.3 Å². The Balaban J connectivity index is 1.44. The highest BCUT2D eigenvalue weighted by Gasteiger charge is 2.40. The van der Waals surface area contributed by atoms with E-state index in [0.29, 0.717) is 29.5 Å². The van der Waals surface area contributed by atoms with Gasteiger partial charge in [-0.2, -0.15) is 9.78 Å². The zero-order valence-corrected chi connectivity index (χ0v) is 13.3. The summed E-state index contributed by atoms with van der Waals surface area (Å²) >= 11 is 0. The minimum absolute atomic E-state index is 0.0735. The Morgan fingerprint density at radius 2 is 2.00 bits per heavy atom. The molecule has 3 aliphatic rings. The summed E-state index contributed by atoms with van der Waals surface area (Å²) in [5, 5.41) is 7.72. The van der Waals surface area contributed by atoms with Crippen LogP contribution in [0.2, 0.25) is 0 Å². The molecule has 3 atom stereocenters. The highest BCUT2D eigenvalue weighted by Crippen LogP contribution is 2.44. The first-order valence-electron chi connectivity index (χ1n) is 8.64. The summed E-state index contributed by atoms with van der Waals surface area (Å²) in [6.45, 7) is 0. The predicted molar refractivity (Wildman–Crippen MR) is 88.6 cm³/mol. The zero-order valence-electron chi connectivity index (χ0n) is 13.3. The summed E-state index contributed by atoms with van der Waals surface area (Å²) in [6.07, 6.45) is 12.2. The molecule has 0 unspecified atom stereocenters. The topological polar surface area (TPSA) is 72.7 Å². The monoisotopic (exact) mass is 321 g/mol. The maximum atomic E-state index is 12.8. The second-order valence-corrected chi connectivity index (χ2v) is 7.07. The van der Waals surface area contributed by atoms with Crippen LogP contribution < -0.4 is 5.32 Å². The van der Waals surface area contributed by atoms with Gasteiger partial charge in [0.05, 0.1) is 5.69 Å². The number of nitrogens with zero attached hydrogens (tertiary/aromatic N) is 4. The van der Waals surface area contributed by atoms with E-state index < -0.39 is 0 Å². The van der Waals surface area contributed by atoms with E-state index in [2.05, 4.69) is 32.5 Å². The molecule has 2 bridgehead atoms. The first-order chi connectivity index (χ1) is 11.8. The lowest BCUT2D eigenvalue weighted by molar-refractivity contribution is -0.120. The van der Waals surface area contributed by atoms with Crippen LogP contribution in [-0.4, -0.2) is 25.7 Å². The molecule has 0 saturated heterocycles. The van der Waals surface area contributed by atoms with Crippen LogP contribution in [0.15, 0.2) is 36.7 Å². The second-order valence-electron chi connectivity index (χ2n) is 7.07. The number of allylic oxidation sites excluding steroid dienone is 2. The van der Waals surface area contributed by atoms with Crippen molar-refractivity contribution in [2.24, 2.45) is 17.8 Å². The largest absolute Gasteiger partial charge is 0.310 e. The molecular weight excluding hydrogens is 302 g/mol. The minimum Gasteiger partial charge on any atom is -0.310 e. The molecule has 1 N–H and O–H groups in total. The van der Waals surface area contributed by atoms with Crippen molar-refractivity contribution in [1.29, 1.82) is 0 Å². The number of fused-ring (bicyclic) bond motifs is 2. The van der Waals surface area contributed by atoms with Gasteiger partial charge in [-0.05, 0) is 43.6 Å². The lowest BCUT2D eigenvalue weighted by atomic mass is 9.93. The molecule has 0 spiro atoms. The first-order valence-corrected chi connectivity index (χ1v) is 8.64. The fraction of sp³-hybridized carbons (Fsp3) is 0.444. The maximum absolute atomic E-state index is 12.8. The number of hydrogen-bond donors (Lipinski definition) is 1. The summed E-state index contributed by atoms with van der Waals surface area (Å²) in [4.78, 5) is 21.3. The molecule has 24 heavy (non-hydrogen) atoms. The van der Waals surface area contributed by atoms with E-state index in [1.807, 2.05) is 6.07 Å². The highest BCUT2D eigenvalue weighted by atomic mass is 16.2. The Labute approximate surface area is 140 Å². The Morgan fingerprint density at radius 3 is 2.67 bits per heavy atom. The van der Waals surface area contributed by atoms with Crippen molar-refractivity contribution in [3.8, 4) is 5.95 Å². The summed E-state index contributed by atoms with van der Waals surface area (Å²) in [7, 11) is 0. The van der Waals surface area contributed by atoms with Crippen molar-refractivity contribution in [3.63, 3.8) is 0 Å². The third-order valence-corrected chi connectivity index (χ3v) is 5.33. The Hall–Kier alpha value is -2.50. The van der Waals surface area contributed by atoms with Gasteiger partial charge < -0.3 is 5.32 Å². The molecule has 2 aromatic rings. The van der Waals surface area contributed by atoms with Gasteiger partial charge >= 0.3 is 0 Å². The standard InChI is InChI=1S/C18H19N5O/c24-17(14-9-11-2-3-13(14)8-11)21-16-10-15(12-4-5-12)22-23(16)18-19-6-1-7-20-18/h1-3,6-7,10-14H,4-5,8-9H2,(H,21,24)/t11-,13+,14-/m0/s1. The van der Waals surface area contributed by atoms with Crippen LogP contribution >= 0.6 is 0 Å². The van der Waals surface area contributed by atoms with E-state index in [0.717, 1.165) is 31.4 Å². The average Bonchev–Trinajstić information content (AvgIpc) is 3.05. The van der Waals surface area contributed by atoms with Gasteiger partial charge in [0.15, 0.2) is 0 Å². The van der Waals surface area contributed by atoms with Crippen LogP contribution in [0.3, 0.4) is 0 Å². The van der Waals surface area contributed by atoms with Crippen LogP contribution in [0.5, 0.6) is 0 Å². The van der Waals surface area contributed by atoms with Gasteiger partial charge in [0.2, 0.25) is 5.91 Å². The Kier molecular flexibility index (Phi) is 3.04. The zero-order chi connectivity index (χ0) is 16.1. The third kappa shape index (κ3) is 2.33. The smallest absolute Gasteiger partial charge is 0.252 e. The number of carbonyl (C=O) groups is 1. The van der Waals surface area contributed by atoms with Gasteiger partial charge in [-0.1, -0.05) is 12.2 Å². The molecule has 6 nitrogen and oxygen atoms in total. The van der Waals surface area contributed by atoms with E-state index in [4.69, 9.17) is 0 Å². The van der Waals surface area contributed by atoms with E-state index in [1.165, 1.54) is 0 Å². The molecule has 5 rings (SSSR count). The molecule has 2 heterocycles. The Morgan fingerprint density at radius 1 is 1.17 bits per heavy atom. The van der Waals surface area contributed by atoms with E-state index in [-0.39, 0.29) is 11.8 Å². The number of aromatic nitrogens is 4. The number of hydrogen-bond acceptors (Lipinski definition) is 4. The normalized spacial score (nSPS) is 27.6. The number of anilines is 1. The van der Waals surface area contributed by atoms with Gasteiger partial charge in [-0.3, -0.25) is 4.79 Å². The first kappa shape index (κ1) is 13.9. The molecule has 0 aliphatic heterocycles. The molecule has 6 heteroatoms. The molecule has 0 aromatic carbocycles. The number of rotatable bonds is 4. The molecule has 2 aromatic heterocycles. The summed E-state index contributed by atoms with van der Waals surface area (Å²) in [5.74, 6) is 2.82. The fourth-order valence-electron chi connectivity index (χ4n) is 3.92. The SMILES string of the molecule is O=C(Nc1cc(C2CC2)nn1-c1ncccn1)[C@H]1C[C@H]2C=C[C@@H]1C2. The summed E-state index contributed by atoms with van der Waals surface area (Å²) < 4.78 is 1.66. The van der Waals surface area contributed by atoms with Crippen molar-refractivity contribution in [2.75, 3.05) is 5.32 Å². The van der Waals surface area contributed by atoms with Gasteiger partial charge in [-0.15, -0.1) is 0 Å². The third-order valence-electron chi connectivity index (χ3n) is 5.33. The molecule has 1 amide bonds. The molecule has 0 radical (unpaired) electrons. The number of nitrogens with one attached hydrogen (secondary N) is 1. The molecule has 2 saturated carbocycles. The van der Waals surface area contributed by atoms with Crippen molar-refractivity contribution < 1.29 is 4.79 Å². The predicted octanol–water partition coefficient (Wildman–Crippen LogP) is 2.69. The van der Waals surface area contributed by atoms with Crippen LogP contribution in [0.4, 0.5) is 5.82 Å². The van der Waals surface area contributed by atoms with Crippen LogP contribution in [0.1, 0.15) is 37.3 Å². The van der Waals surface area contributed by atoms with E-state index >= 15 is 0 Å².